The number of aliphatic hydroxyl groups excluding tert-OH is 1. The highest BCUT2D eigenvalue weighted by Crippen LogP contribution is 2.64. The monoisotopic (exact) mass is 306 g/mol. The molecule has 2 N–H and O–H groups in total. The first-order chi connectivity index (χ1) is 10.2. The van der Waals surface area contributed by atoms with E-state index in [-0.39, 0.29) is 11.3 Å². The van der Waals surface area contributed by atoms with E-state index in [1.165, 1.54) is 12.8 Å². The number of hydrogen-bond donors (Lipinski definition) is 2. The molecule has 0 amide bonds. The van der Waals surface area contributed by atoms with E-state index in [4.69, 9.17) is 0 Å². The summed E-state index contributed by atoms with van der Waals surface area (Å²) < 4.78 is 0. The van der Waals surface area contributed by atoms with E-state index < -0.39 is 11.7 Å². The Bertz CT molecular complexity index is 495. The minimum atomic E-state index is -1.04. The Balaban J connectivity index is 2.03. The molecule has 0 heterocycles. The predicted octanol–water partition coefficient (Wildman–Crippen LogP) is 3.24. The van der Waals surface area contributed by atoms with Crippen molar-refractivity contribution >= 4 is 6.29 Å². The molecule has 0 radical (unpaired) electrons. The van der Waals surface area contributed by atoms with E-state index >= 15 is 0 Å². The second kappa shape index (κ2) is 5.17. The second-order valence-corrected chi connectivity index (χ2v) is 8.84. The highest BCUT2D eigenvalue weighted by molar-refractivity contribution is 5.73. The van der Waals surface area contributed by atoms with Crippen LogP contribution in [0.3, 0.4) is 0 Å². The average Bonchev–Trinajstić information content (AvgIpc) is 2.56. The molecule has 0 aromatic heterocycles. The van der Waals surface area contributed by atoms with Crippen molar-refractivity contribution in [1.82, 2.24) is 0 Å². The standard InChI is InChI=1S/C19H30O3/c1-17(2)8-4-9-18(3)14(17)7-10-19(22)15(18)6-5-13(12-20)11-16(19)21/h5,12,14-16,21-22H,4,6-11H2,1-3H3. The van der Waals surface area contributed by atoms with Crippen molar-refractivity contribution in [2.24, 2.45) is 22.7 Å². The number of allylic oxidation sites excluding steroid dienone is 1. The summed E-state index contributed by atoms with van der Waals surface area (Å²) in [6.07, 6.45) is 8.17. The zero-order chi connectivity index (χ0) is 16.2. The van der Waals surface area contributed by atoms with E-state index in [1.807, 2.05) is 6.08 Å². The highest BCUT2D eigenvalue weighted by Gasteiger charge is 2.61. The molecule has 0 saturated heterocycles. The van der Waals surface area contributed by atoms with E-state index in [9.17, 15) is 15.0 Å². The van der Waals surface area contributed by atoms with Crippen molar-refractivity contribution in [3.8, 4) is 0 Å². The molecule has 22 heavy (non-hydrogen) atoms. The first-order valence-electron chi connectivity index (χ1n) is 8.79. The number of rotatable bonds is 1. The van der Waals surface area contributed by atoms with Gasteiger partial charge in [-0.15, -0.1) is 0 Å². The molecule has 2 saturated carbocycles. The van der Waals surface area contributed by atoms with Gasteiger partial charge in [0.1, 0.15) is 6.29 Å². The average molecular weight is 306 g/mol. The largest absolute Gasteiger partial charge is 0.390 e. The van der Waals surface area contributed by atoms with Gasteiger partial charge in [0, 0.05) is 6.42 Å². The Labute approximate surface area is 133 Å². The Morgan fingerprint density at radius 3 is 2.59 bits per heavy atom. The van der Waals surface area contributed by atoms with Crippen molar-refractivity contribution in [3.05, 3.63) is 11.6 Å². The van der Waals surface area contributed by atoms with Crippen LogP contribution in [-0.4, -0.2) is 28.2 Å². The molecule has 5 atom stereocenters. The van der Waals surface area contributed by atoms with Crippen LogP contribution >= 0.6 is 0 Å². The molecule has 3 heteroatoms. The molecule has 0 aliphatic heterocycles. The molecule has 2 fully saturated rings. The Hall–Kier alpha value is -0.670. The van der Waals surface area contributed by atoms with Gasteiger partial charge in [0.05, 0.1) is 11.7 Å². The summed E-state index contributed by atoms with van der Waals surface area (Å²) in [5.41, 5.74) is -0.0571. The molecule has 3 nitrogen and oxygen atoms in total. The fraction of sp³-hybridized carbons (Fsp3) is 0.842. The SMILES string of the molecule is CC1(C)CCCC2(C)C1CCC1(O)C(O)CC(C=O)=CCC21. The zero-order valence-electron chi connectivity index (χ0n) is 14.1. The van der Waals surface area contributed by atoms with Crippen LogP contribution < -0.4 is 0 Å². The number of carbonyl (C=O) groups is 1. The van der Waals surface area contributed by atoms with Gasteiger partial charge in [-0.3, -0.25) is 4.79 Å². The van der Waals surface area contributed by atoms with Gasteiger partial charge in [0.15, 0.2) is 0 Å². The molecule has 3 rings (SSSR count). The molecule has 3 aliphatic rings. The van der Waals surface area contributed by atoms with Gasteiger partial charge in [-0.2, -0.15) is 0 Å². The van der Waals surface area contributed by atoms with Crippen LogP contribution in [0.2, 0.25) is 0 Å². The Morgan fingerprint density at radius 2 is 1.91 bits per heavy atom. The summed E-state index contributed by atoms with van der Waals surface area (Å²) in [6, 6.07) is 0. The lowest BCUT2D eigenvalue weighted by Crippen LogP contribution is -2.62. The van der Waals surface area contributed by atoms with Gasteiger partial charge in [-0.1, -0.05) is 33.3 Å². The summed E-state index contributed by atoms with van der Waals surface area (Å²) in [5, 5.41) is 22.0. The van der Waals surface area contributed by atoms with E-state index in [1.54, 1.807) is 0 Å². The van der Waals surface area contributed by atoms with Crippen LogP contribution in [0.5, 0.6) is 0 Å². The van der Waals surface area contributed by atoms with Crippen molar-refractivity contribution < 1.29 is 15.0 Å². The molecule has 0 spiro atoms. The van der Waals surface area contributed by atoms with Crippen molar-refractivity contribution in [2.45, 2.75) is 77.4 Å². The van der Waals surface area contributed by atoms with Crippen LogP contribution in [0.15, 0.2) is 11.6 Å². The maximum Gasteiger partial charge on any atom is 0.145 e. The maximum absolute atomic E-state index is 11.3. The molecule has 0 aromatic rings. The number of hydrogen-bond acceptors (Lipinski definition) is 3. The van der Waals surface area contributed by atoms with Gasteiger partial charge in [-0.05, 0) is 60.3 Å². The minimum Gasteiger partial charge on any atom is -0.390 e. The summed E-state index contributed by atoms with van der Waals surface area (Å²) in [7, 11) is 0. The smallest absolute Gasteiger partial charge is 0.145 e. The zero-order valence-corrected chi connectivity index (χ0v) is 14.1. The molecule has 5 unspecified atom stereocenters. The van der Waals surface area contributed by atoms with Gasteiger partial charge in [0.25, 0.3) is 0 Å². The van der Waals surface area contributed by atoms with Crippen LogP contribution in [-0.2, 0) is 4.79 Å². The lowest BCUT2D eigenvalue weighted by Gasteiger charge is -2.62. The van der Waals surface area contributed by atoms with Gasteiger partial charge >= 0.3 is 0 Å². The number of carbonyl (C=O) groups excluding carboxylic acids is 1. The number of aliphatic hydroxyl groups is 2. The minimum absolute atomic E-state index is 0.0462. The Kier molecular flexibility index (Phi) is 3.81. The molecule has 0 aromatic carbocycles. The fourth-order valence-corrected chi connectivity index (χ4v) is 6.15. The highest BCUT2D eigenvalue weighted by atomic mass is 16.3. The molecule has 0 bridgehead atoms. The molecule has 124 valence electrons. The normalized spacial score (nSPS) is 47.7. The second-order valence-electron chi connectivity index (χ2n) is 8.84. The van der Waals surface area contributed by atoms with Gasteiger partial charge in [-0.25, -0.2) is 0 Å². The third-order valence-corrected chi connectivity index (χ3v) is 7.28. The molecule has 3 aliphatic carbocycles. The summed E-state index contributed by atoms with van der Waals surface area (Å²) >= 11 is 0. The lowest BCUT2D eigenvalue weighted by atomic mass is 9.44. The fourth-order valence-electron chi connectivity index (χ4n) is 6.15. The van der Waals surface area contributed by atoms with Gasteiger partial charge in [0.2, 0.25) is 0 Å². The van der Waals surface area contributed by atoms with Crippen LogP contribution in [0.25, 0.3) is 0 Å². The maximum atomic E-state index is 11.3. The summed E-state index contributed by atoms with van der Waals surface area (Å²) in [4.78, 5) is 11.2. The Morgan fingerprint density at radius 1 is 1.18 bits per heavy atom. The molecular formula is C19H30O3. The molecular weight excluding hydrogens is 276 g/mol. The van der Waals surface area contributed by atoms with E-state index in [0.717, 1.165) is 19.1 Å². The summed E-state index contributed by atoms with van der Waals surface area (Å²) in [5.74, 6) is 0.628. The third-order valence-electron chi connectivity index (χ3n) is 7.28. The predicted molar refractivity (Wildman–Crippen MR) is 86.3 cm³/mol. The van der Waals surface area contributed by atoms with Gasteiger partial charge < -0.3 is 10.2 Å². The number of aldehydes is 1. The summed E-state index contributed by atoms with van der Waals surface area (Å²) in [6.45, 7) is 7.04. The third kappa shape index (κ3) is 2.20. The van der Waals surface area contributed by atoms with Crippen molar-refractivity contribution in [2.75, 3.05) is 0 Å². The van der Waals surface area contributed by atoms with Crippen molar-refractivity contribution in [1.29, 1.82) is 0 Å². The topological polar surface area (TPSA) is 57.5 Å². The lowest BCUT2D eigenvalue weighted by molar-refractivity contribution is -0.210. The quantitative estimate of drug-likeness (QED) is 0.731. The first-order valence-corrected chi connectivity index (χ1v) is 8.79. The van der Waals surface area contributed by atoms with Crippen LogP contribution in [0, 0.1) is 22.7 Å². The van der Waals surface area contributed by atoms with E-state index in [0.29, 0.717) is 36.2 Å². The van der Waals surface area contributed by atoms with Crippen molar-refractivity contribution in [3.63, 3.8) is 0 Å². The van der Waals surface area contributed by atoms with E-state index in [2.05, 4.69) is 20.8 Å². The van der Waals surface area contributed by atoms with Crippen LogP contribution in [0.4, 0.5) is 0 Å². The number of fused-ring (bicyclic) bond motifs is 3. The van der Waals surface area contributed by atoms with Crippen LogP contribution in [0.1, 0.15) is 65.7 Å². The first kappa shape index (κ1) is 16.2.